The molecule has 1 saturated heterocycles. The molecule has 1 aliphatic heterocycles. The van der Waals surface area contributed by atoms with Gasteiger partial charge in [0.25, 0.3) is 0 Å². The van der Waals surface area contributed by atoms with Crippen LogP contribution in [-0.2, 0) is 10.0 Å². The number of hydrogen-bond donors (Lipinski definition) is 2. The lowest BCUT2D eigenvalue weighted by Gasteiger charge is -2.23. The molecule has 2 heterocycles. The molecule has 0 unspecified atom stereocenters. The van der Waals surface area contributed by atoms with Gasteiger partial charge in [-0.15, -0.1) is 12.4 Å². The summed E-state index contributed by atoms with van der Waals surface area (Å²) in [6.45, 7) is 1.55. The van der Waals surface area contributed by atoms with E-state index in [0.717, 1.165) is 19.4 Å². The molecule has 8 heteroatoms. The van der Waals surface area contributed by atoms with E-state index in [-0.39, 0.29) is 28.9 Å². The lowest BCUT2D eigenvalue weighted by atomic mass is 10.1. The minimum Gasteiger partial charge on any atom is -0.315 e. The second-order valence-electron chi connectivity index (χ2n) is 4.19. The third-order valence-electron chi connectivity index (χ3n) is 2.77. The van der Waals surface area contributed by atoms with E-state index in [1.165, 1.54) is 18.5 Å². The Hall–Kier alpha value is -1.20. The van der Waals surface area contributed by atoms with Gasteiger partial charge in [-0.1, -0.05) is 0 Å². The summed E-state index contributed by atoms with van der Waals surface area (Å²) in [4.78, 5) is 3.79. The van der Waals surface area contributed by atoms with Crippen LogP contribution in [0.5, 0.6) is 0 Å². The first kappa shape index (κ1) is 15.9. The number of nitriles is 1. The summed E-state index contributed by atoms with van der Waals surface area (Å²) in [5.41, 5.74) is 0.236. The Morgan fingerprint density at radius 3 is 2.89 bits per heavy atom. The largest absolute Gasteiger partial charge is 0.315 e. The van der Waals surface area contributed by atoms with Crippen molar-refractivity contribution in [2.75, 3.05) is 13.1 Å². The highest BCUT2D eigenvalue weighted by Gasteiger charge is 2.22. The van der Waals surface area contributed by atoms with Gasteiger partial charge in [-0.2, -0.15) is 5.26 Å². The first-order chi connectivity index (χ1) is 8.62. The molecule has 2 N–H and O–H groups in total. The van der Waals surface area contributed by atoms with Crippen molar-refractivity contribution in [1.82, 2.24) is 15.0 Å². The second-order valence-corrected chi connectivity index (χ2v) is 5.90. The molecule has 1 aromatic rings. The molecule has 104 valence electrons. The van der Waals surface area contributed by atoms with Crippen molar-refractivity contribution in [3.05, 3.63) is 24.0 Å². The van der Waals surface area contributed by atoms with E-state index in [2.05, 4.69) is 15.0 Å². The van der Waals surface area contributed by atoms with Crippen LogP contribution in [0.15, 0.2) is 23.4 Å². The van der Waals surface area contributed by atoms with Gasteiger partial charge in [0, 0.05) is 25.0 Å². The van der Waals surface area contributed by atoms with Gasteiger partial charge in [-0.3, -0.25) is 4.98 Å². The van der Waals surface area contributed by atoms with Gasteiger partial charge in [-0.05, 0) is 25.5 Å². The Kier molecular flexibility index (Phi) is 5.69. The SMILES string of the molecule is Cl.N#Cc1cncc(S(=O)(=O)N[C@@H]2CCCNC2)c1. The molecular weight excluding hydrogens is 288 g/mol. The molecule has 0 amide bonds. The molecule has 1 aromatic heterocycles. The maximum atomic E-state index is 12.1. The minimum absolute atomic E-state index is 0. The zero-order valence-electron chi connectivity index (χ0n) is 10.2. The minimum atomic E-state index is -3.60. The predicted octanol–water partition coefficient (Wildman–Crippen LogP) is 0.405. The Morgan fingerprint density at radius 2 is 2.26 bits per heavy atom. The number of nitrogens with one attached hydrogen (secondary N) is 2. The van der Waals surface area contributed by atoms with Gasteiger partial charge in [0.1, 0.15) is 11.0 Å². The van der Waals surface area contributed by atoms with Crippen LogP contribution in [-0.4, -0.2) is 32.5 Å². The number of nitrogens with zero attached hydrogens (tertiary/aromatic N) is 2. The summed E-state index contributed by atoms with van der Waals surface area (Å²) in [5, 5.41) is 11.9. The maximum Gasteiger partial charge on any atom is 0.242 e. The van der Waals surface area contributed by atoms with E-state index in [0.29, 0.717) is 6.54 Å². The number of aromatic nitrogens is 1. The van der Waals surface area contributed by atoms with Crippen molar-refractivity contribution in [1.29, 1.82) is 5.26 Å². The van der Waals surface area contributed by atoms with Crippen LogP contribution in [0.25, 0.3) is 0 Å². The van der Waals surface area contributed by atoms with Crippen molar-refractivity contribution in [2.24, 2.45) is 0 Å². The highest BCUT2D eigenvalue weighted by molar-refractivity contribution is 7.89. The highest BCUT2D eigenvalue weighted by atomic mass is 35.5. The quantitative estimate of drug-likeness (QED) is 0.843. The molecule has 0 aliphatic carbocycles. The zero-order valence-corrected chi connectivity index (χ0v) is 11.8. The predicted molar refractivity (Wildman–Crippen MR) is 72.4 cm³/mol. The monoisotopic (exact) mass is 302 g/mol. The number of halogens is 1. The van der Waals surface area contributed by atoms with Crippen LogP contribution >= 0.6 is 12.4 Å². The van der Waals surface area contributed by atoms with Crippen molar-refractivity contribution >= 4 is 22.4 Å². The van der Waals surface area contributed by atoms with Gasteiger partial charge in [0.2, 0.25) is 10.0 Å². The summed E-state index contributed by atoms with van der Waals surface area (Å²) in [6, 6.07) is 3.10. The number of hydrogen-bond acceptors (Lipinski definition) is 5. The van der Waals surface area contributed by atoms with Crippen LogP contribution in [0.1, 0.15) is 18.4 Å². The van der Waals surface area contributed by atoms with Gasteiger partial charge < -0.3 is 5.32 Å². The Morgan fingerprint density at radius 1 is 1.47 bits per heavy atom. The van der Waals surface area contributed by atoms with E-state index < -0.39 is 10.0 Å². The van der Waals surface area contributed by atoms with Crippen molar-refractivity contribution in [2.45, 2.75) is 23.8 Å². The second kappa shape index (κ2) is 6.82. The third-order valence-corrected chi connectivity index (χ3v) is 4.26. The third kappa shape index (κ3) is 4.14. The molecule has 0 bridgehead atoms. The molecular formula is C11H15ClN4O2S. The van der Waals surface area contributed by atoms with Crippen LogP contribution < -0.4 is 10.0 Å². The number of pyridine rings is 1. The number of sulfonamides is 1. The molecule has 1 atom stereocenters. The lowest BCUT2D eigenvalue weighted by molar-refractivity contribution is 0.428. The van der Waals surface area contributed by atoms with Crippen molar-refractivity contribution < 1.29 is 8.42 Å². The number of piperidine rings is 1. The van der Waals surface area contributed by atoms with Crippen molar-refractivity contribution in [3.63, 3.8) is 0 Å². The molecule has 19 heavy (non-hydrogen) atoms. The van der Waals surface area contributed by atoms with E-state index in [9.17, 15) is 8.42 Å². The van der Waals surface area contributed by atoms with Crippen LogP contribution in [0, 0.1) is 11.3 Å². The highest BCUT2D eigenvalue weighted by Crippen LogP contribution is 2.11. The first-order valence-corrected chi connectivity index (χ1v) is 7.18. The molecule has 0 radical (unpaired) electrons. The van der Waals surface area contributed by atoms with Gasteiger partial charge in [0.05, 0.1) is 5.56 Å². The molecule has 0 aromatic carbocycles. The number of rotatable bonds is 3. The van der Waals surface area contributed by atoms with Crippen molar-refractivity contribution in [3.8, 4) is 6.07 Å². The molecule has 0 saturated carbocycles. The Bertz CT molecular complexity index is 564. The molecule has 6 nitrogen and oxygen atoms in total. The summed E-state index contributed by atoms with van der Waals surface area (Å²) in [7, 11) is -3.60. The van der Waals surface area contributed by atoms with Gasteiger partial charge in [-0.25, -0.2) is 13.1 Å². The smallest absolute Gasteiger partial charge is 0.242 e. The van der Waals surface area contributed by atoms with E-state index in [1.54, 1.807) is 0 Å². The Labute approximate surface area is 118 Å². The summed E-state index contributed by atoms with van der Waals surface area (Å²) >= 11 is 0. The van der Waals surface area contributed by atoms with E-state index >= 15 is 0 Å². The fraction of sp³-hybridized carbons (Fsp3) is 0.455. The van der Waals surface area contributed by atoms with Crippen LogP contribution in [0.3, 0.4) is 0 Å². The molecule has 1 fully saturated rings. The fourth-order valence-corrected chi connectivity index (χ4v) is 3.12. The Balaban J connectivity index is 0.00000180. The average Bonchev–Trinajstić information content (AvgIpc) is 2.39. The zero-order chi connectivity index (χ0) is 13.0. The first-order valence-electron chi connectivity index (χ1n) is 5.70. The topological polar surface area (TPSA) is 94.9 Å². The molecule has 0 spiro atoms. The lowest BCUT2D eigenvalue weighted by Crippen LogP contribution is -2.45. The summed E-state index contributed by atoms with van der Waals surface area (Å²) < 4.78 is 26.8. The normalized spacial score (nSPS) is 19.2. The standard InChI is InChI=1S/C11H14N4O2S.ClH/c12-5-9-4-11(8-14-6-9)18(16,17)15-10-2-1-3-13-7-10;/h4,6,8,10,13,15H,1-3,7H2;1H/t10-;/m1./s1. The van der Waals surface area contributed by atoms with Crippen LogP contribution in [0.4, 0.5) is 0 Å². The summed E-state index contributed by atoms with van der Waals surface area (Å²) in [5.74, 6) is 0. The van der Waals surface area contributed by atoms with Gasteiger partial charge in [0.15, 0.2) is 0 Å². The average molecular weight is 303 g/mol. The van der Waals surface area contributed by atoms with Crippen LogP contribution in [0.2, 0.25) is 0 Å². The fourth-order valence-electron chi connectivity index (χ4n) is 1.87. The molecule has 2 rings (SSSR count). The van der Waals surface area contributed by atoms with E-state index in [4.69, 9.17) is 5.26 Å². The molecule has 1 aliphatic rings. The van der Waals surface area contributed by atoms with Gasteiger partial charge >= 0.3 is 0 Å². The van der Waals surface area contributed by atoms with E-state index in [1.807, 2.05) is 6.07 Å². The summed E-state index contributed by atoms with van der Waals surface area (Å²) in [6.07, 6.45) is 4.35. The maximum absolute atomic E-state index is 12.1.